The lowest BCUT2D eigenvalue weighted by molar-refractivity contribution is 0.179. The molecule has 0 atom stereocenters. The summed E-state index contributed by atoms with van der Waals surface area (Å²) in [6.45, 7) is 5.83. The molecule has 4 N–H and O–H groups in total. The summed E-state index contributed by atoms with van der Waals surface area (Å²) in [7, 11) is 0. The Hall–Kier alpha value is -2.82. The van der Waals surface area contributed by atoms with Crippen LogP contribution in [0.2, 0.25) is 0 Å². The number of imidazole rings is 1. The minimum absolute atomic E-state index is 0.671. The molecule has 0 amide bonds. The number of fused-ring (bicyclic) bond motifs is 1. The molecule has 0 aromatic carbocycles. The zero-order chi connectivity index (χ0) is 20.5. The van der Waals surface area contributed by atoms with Gasteiger partial charge in [-0.05, 0) is 62.9 Å². The normalized spacial score (nSPS) is 15.8. The number of nitrogens with two attached hydrogens (primary N) is 1. The van der Waals surface area contributed by atoms with Crippen LogP contribution in [0.15, 0.2) is 30.9 Å². The molecule has 1 aliphatic rings. The maximum absolute atomic E-state index is 5.80. The first-order valence-electron chi connectivity index (χ1n) is 10.2. The van der Waals surface area contributed by atoms with E-state index < -0.39 is 0 Å². The van der Waals surface area contributed by atoms with E-state index in [1.165, 1.54) is 24.4 Å². The average Bonchev–Trinajstić information content (AvgIpc) is 3.49. The lowest BCUT2D eigenvalue weighted by Gasteiger charge is -2.30. The van der Waals surface area contributed by atoms with E-state index in [2.05, 4.69) is 40.8 Å². The molecule has 156 valence electrons. The van der Waals surface area contributed by atoms with E-state index in [0.717, 1.165) is 65.3 Å². The summed E-state index contributed by atoms with van der Waals surface area (Å²) in [4.78, 5) is 11.7. The van der Waals surface area contributed by atoms with Gasteiger partial charge < -0.3 is 11.1 Å². The highest BCUT2D eigenvalue weighted by Gasteiger charge is 2.19. The molecular weight excluding hydrogens is 398 g/mol. The van der Waals surface area contributed by atoms with Gasteiger partial charge in [0.25, 0.3) is 0 Å². The fraction of sp³-hybridized carbons (Fsp3) is 0.400. The number of nitrogens with one attached hydrogen (secondary N) is 2. The maximum atomic E-state index is 5.80. The Morgan fingerprint density at radius 2 is 2.17 bits per heavy atom. The number of nitrogens with zero attached hydrogens (tertiary/aromatic N) is 6. The zero-order valence-electron chi connectivity index (χ0n) is 16.9. The first kappa shape index (κ1) is 19.2. The number of rotatable bonds is 6. The van der Waals surface area contributed by atoms with Crippen molar-refractivity contribution in [3.8, 4) is 11.3 Å². The van der Waals surface area contributed by atoms with E-state index in [0.29, 0.717) is 5.92 Å². The number of hydrogen-bond acceptors (Lipinski definition) is 8. The summed E-state index contributed by atoms with van der Waals surface area (Å²) in [5.41, 5.74) is 10.5. The van der Waals surface area contributed by atoms with Gasteiger partial charge in [0, 0.05) is 24.5 Å². The van der Waals surface area contributed by atoms with Crippen LogP contribution in [-0.2, 0) is 6.54 Å². The number of anilines is 2. The molecule has 9 nitrogen and oxygen atoms in total. The quantitative estimate of drug-likeness (QED) is 0.437. The number of piperidine rings is 1. The molecule has 1 aliphatic heterocycles. The summed E-state index contributed by atoms with van der Waals surface area (Å²) in [6.07, 6.45) is 9.83. The molecule has 10 heteroatoms. The second-order valence-corrected chi connectivity index (χ2v) is 8.62. The van der Waals surface area contributed by atoms with E-state index >= 15 is 0 Å². The van der Waals surface area contributed by atoms with Crippen LogP contribution in [0, 0.1) is 12.8 Å². The maximum Gasteiger partial charge on any atom is 0.180 e. The van der Waals surface area contributed by atoms with Crippen molar-refractivity contribution in [3.63, 3.8) is 0 Å². The van der Waals surface area contributed by atoms with Gasteiger partial charge in [-0.15, -0.1) is 0 Å². The molecule has 1 fully saturated rings. The van der Waals surface area contributed by atoms with Gasteiger partial charge >= 0.3 is 0 Å². The van der Waals surface area contributed by atoms with E-state index in [9.17, 15) is 0 Å². The molecule has 0 spiro atoms. The van der Waals surface area contributed by atoms with Crippen molar-refractivity contribution in [1.82, 2.24) is 33.8 Å². The Balaban J connectivity index is 1.34. The highest BCUT2D eigenvalue weighted by Crippen LogP contribution is 2.28. The van der Waals surface area contributed by atoms with Crippen LogP contribution in [0.1, 0.15) is 24.2 Å². The molecule has 5 rings (SSSR count). The second kappa shape index (κ2) is 8.13. The molecule has 5 heterocycles. The van der Waals surface area contributed by atoms with E-state index in [4.69, 9.17) is 5.73 Å². The van der Waals surface area contributed by atoms with Gasteiger partial charge in [-0.2, -0.15) is 9.47 Å². The van der Waals surface area contributed by atoms with Gasteiger partial charge in [0.1, 0.15) is 5.00 Å². The SMILES string of the molecule is Cc1cn2c(-c3cn[nH]c3)cnc2c(Nc2cc(CN3CCC(CN)CC3)ns2)n1. The van der Waals surface area contributed by atoms with E-state index in [1.54, 1.807) is 6.20 Å². The van der Waals surface area contributed by atoms with Crippen molar-refractivity contribution >= 4 is 28.0 Å². The van der Waals surface area contributed by atoms with Crippen LogP contribution in [0.3, 0.4) is 0 Å². The Morgan fingerprint density at radius 3 is 2.93 bits per heavy atom. The lowest BCUT2D eigenvalue weighted by atomic mass is 9.97. The molecule has 1 saturated heterocycles. The highest BCUT2D eigenvalue weighted by atomic mass is 32.1. The van der Waals surface area contributed by atoms with Crippen LogP contribution in [-0.4, -0.2) is 53.5 Å². The Morgan fingerprint density at radius 1 is 1.30 bits per heavy atom. The van der Waals surface area contributed by atoms with Crippen molar-refractivity contribution in [2.24, 2.45) is 11.7 Å². The van der Waals surface area contributed by atoms with Crippen LogP contribution < -0.4 is 11.1 Å². The Labute approximate surface area is 178 Å². The molecule has 0 aliphatic carbocycles. The summed E-state index contributed by atoms with van der Waals surface area (Å²) in [6, 6.07) is 2.11. The summed E-state index contributed by atoms with van der Waals surface area (Å²) in [5, 5.41) is 11.3. The van der Waals surface area contributed by atoms with Gasteiger partial charge in [-0.1, -0.05) is 0 Å². The van der Waals surface area contributed by atoms with Crippen molar-refractivity contribution in [3.05, 3.63) is 42.2 Å². The van der Waals surface area contributed by atoms with Crippen LogP contribution >= 0.6 is 11.5 Å². The Kier molecular flexibility index (Phi) is 5.19. The predicted octanol–water partition coefficient (Wildman–Crippen LogP) is 2.80. The lowest BCUT2D eigenvalue weighted by Crippen LogP contribution is -2.35. The fourth-order valence-electron chi connectivity index (χ4n) is 3.97. The summed E-state index contributed by atoms with van der Waals surface area (Å²) >= 11 is 1.46. The van der Waals surface area contributed by atoms with E-state index in [1.807, 2.05) is 29.9 Å². The Bertz CT molecular complexity index is 1120. The molecule has 0 unspecified atom stereocenters. The monoisotopic (exact) mass is 423 g/mol. The zero-order valence-corrected chi connectivity index (χ0v) is 17.7. The van der Waals surface area contributed by atoms with Gasteiger partial charge in [-0.25, -0.2) is 9.97 Å². The summed E-state index contributed by atoms with van der Waals surface area (Å²) < 4.78 is 6.68. The fourth-order valence-corrected chi connectivity index (χ4v) is 4.63. The van der Waals surface area contributed by atoms with Gasteiger partial charge in [-0.3, -0.25) is 14.4 Å². The number of aromatic nitrogens is 6. The number of likely N-dealkylation sites (tertiary alicyclic amines) is 1. The number of aryl methyl sites for hydroxylation is 1. The highest BCUT2D eigenvalue weighted by molar-refractivity contribution is 7.10. The van der Waals surface area contributed by atoms with Gasteiger partial charge in [0.2, 0.25) is 0 Å². The number of aromatic amines is 1. The minimum atomic E-state index is 0.671. The van der Waals surface area contributed by atoms with Crippen molar-refractivity contribution in [1.29, 1.82) is 0 Å². The first-order valence-corrected chi connectivity index (χ1v) is 11.0. The third kappa shape index (κ3) is 3.81. The molecule has 4 aromatic rings. The van der Waals surface area contributed by atoms with Crippen LogP contribution in [0.4, 0.5) is 10.8 Å². The third-order valence-electron chi connectivity index (χ3n) is 5.63. The molecule has 0 bridgehead atoms. The van der Waals surface area contributed by atoms with Crippen LogP contribution in [0.5, 0.6) is 0 Å². The molecule has 0 saturated carbocycles. The predicted molar refractivity (Wildman–Crippen MR) is 118 cm³/mol. The largest absolute Gasteiger partial charge is 0.330 e. The van der Waals surface area contributed by atoms with Crippen molar-refractivity contribution in [2.45, 2.75) is 26.3 Å². The number of H-pyrrole nitrogens is 1. The molecule has 0 radical (unpaired) electrons. The standard InChI is InChI=1S/C20H25N9S/c1-13-11-29-17(15-8-23-24-9-15)10-22-20(29)19(25-13)26-18-6-16(27-30-18)12-28-4-2-14(7-21)3-5-28/h6,8-11,14H,2-5,7,12,21H2,1H3,(H,23,24)(H,25,26). The molecule has 4 aromatic heterocycles. The molecule has 30 heavy (non-hydrogen) atoms. The third-order valence-corrected chi connectivity index (χ3v) is 6.38. The smallest absolute Gasteiger partial charge is 0.180 e. The van der Waals surface area contributed by atoms with Gasteiger partial charge in [0.15, 0.2) is 11.5 Å². The van der Waals surface area contributed by atoms with Gasteiger partial charge in [0.05, 0.1) is 29.5 Å². The number of hydrogen-bond donors (Lipinski definition) is 3. The van der Waals surface area contributed by atoms with Crippen molar-refractivity contribution in [2.75, 3.05) is 25.0 Å². The van der Waals surface area contributed by atoms with Crippen LogP contribution in [0.25, 0.3) is 16.9 Å². The topological polar surface area (TPSA) is 113 Å². The van der Waals surface area contributed by atoms with Crippen molar-refractivity contribution < 1.29 is 0 Å². The average molecular weight is 424 g/mol. The molecular formula is C20H25N9S. The first-order chi connectivity index (χ1) is 14.7. The second-order valence-electron chi connectivity index (χ2n) is 7.82. The minimum Gasteiger partial charge on any atom is -0.330 e. The van der Waals surface area contributed by atoms with E-state index in [-0.39, 0.29) is 0 Å². The summed E-state index contributed by atoms with van der Waals surface area (Å²) in [5.74, 6) is 1.40.